The summed E-state index contributed by atoms with van der Waals surface area (Å²) < 4.78 is 1.20. The van der Waals surface area contributed by atoms with Crippen molar-refractivity contribution in [2.45, 2.75) is 31.8 Å². The Morgan fingerprint density at radius 3 is 2.95 bits per heavy atom. The summed E-state index contributed by atoms with van der Waals surface area (Å²) in [5.74, 6) is 0. The van der Waals surface area contributed by atoms with Crippen LogP contribution in [0.4, 0.5) is 0 Å². The molecule has 4 heteroatoms. The maximum absolute atomic E-state index is 10.4. The standard InChI is InChI=1S/C16H15NOS2/c18-12(15-8-10-4-3-7-13(10)19-15)9-16-17-11-5-1-2-6-14(11)20-16/h1-2,5-6,8,12,18H,3-4,7,9H2. The lowest BCUT2D eigenvalue weighted by atomic mass is 10.2. The molecule has 4 rings (SSSR count). The Bertz CT molecular complexity index is 704. The van der Waals surface area contributed by atoms with Gasteiger partial charge < -0.3 is 5.11 Å². The molecule has 1 aliphatic rings. The van der Waals surface area contributed by atoms with Crippen LogP contribution in [0.1, 0.15) is 32.9 Å². The fourth-order valence-electron chi connectivity index (χ4n) is 2.79. The number of aromatic nitrogens is 1. The molecular weight excluding hydrogens is 286 g/mol. The molecule has 0 spiro atoms. The third-order valence-corrected chi connectivity index (χ3v) is 6.20. The van der Waals surface area contributed by atoms with Gasteiger partial charge >= 0.3 is 0 Å². The quantitative estimate of drug-likeness (QED) is 0.789. The minimum atomic E-state index is -0.411. The molecule has 1 aliphatic carbocycles. The molecule has 1 N–H and O–H groups in total. The number of aliphatic hydroxyl groups is 1. The van der Waals surface area contributed by atoms with Crippen molar-refractivity contribution in [2.75, 3.05) is 0 Å². The number of benzene rings is 1. The summed E-state index contributed by atoms with van der Waals surface area (Å²) in [7, 11) is 0. The summed E-state index contributed by atoms with van der Waals surface area (Å²) in [6.45, 7) is 0. The summed E-state index contributed by atoms with van der Waals surface area (Å²) in [5, 5.41) is 11.5. The molecule has 1 atom stereocenters. The summed E-state index contributed by atoms with van der Waals surface area (Å²) in [6, 6.07) is 10.4. The van der Waals surface area contributed by atoms with E-state index in [-0.39, 0.29) is 0 Å². The second-order valence-electron chi connectivity index (χ2n) is 5.25. The molecule has 0 bridgehead atoms. The molecule has 0 fully saturated rings. The SMILES string of the molecule is OC(Cc1nc2ccccc2s1)c1cc2c(s1)CCC2. The van der Waals surface area contributed by atoms with Gasteiger partial charge in [0.25, 0.3) is 0 Å². The van der Waals surface area contributed by atoms with Crippen LogP contribution in [0, 0.1) is 0 Å². The monoisotopic (exact) mass is 301 g/mol. The van der Waals surface area contributed by atoms with Gasteiger partial charge in [-0.15, -0.1) is 22.7 Å². The number of hydrogen-bond acceptors (Lipinski definition) is 4. The van der Waals surface area contributed by atoms with Gasteiger partial charge in [0.1, 0.15) is 0 Å². The van der Waals surface area contributed by atoms with E-state index in [1.807, 2.05) is 18.2 Å². The van der Waals surface area contributed by atoms with Crippen molar-refractivity contribution >= 4 is 32.9 Å². The molecule has 1 aromatic carbocycles. The Hall–Kier alpha value is -1.23. The van der Waals surface area contributed by atoms with Gasteiger partial charge in [-0.2, -0.15) is 0 Å². The van der Waals surface area contributed by atoms with E-state index in [0.29, 0.717) is 6.42 Å². The second kappa shape index (κ2) is 4.95. The van der Waals surface area contributed by atoms with Crippen LogP contribution in [0.2, 0.25) is 0 Å². The Morgan fingerprint density at radius 2 is 2.10 bits per heavy atom. The maximum Gasteiger partial charge on any atom is 0.0968 e. The van der Waals surface area contributed by atoms with Crippen molar-refractivity contribution in [1.29, 1.82) is 0 Å². The summed E-state index contributed by atoms with van der Waals surface area (Å²) in [4.78, 5) is 7.19. The number of aliphatic hydroxyl groups excluding tert-OH is 1. The molecule has 3 aromatic rings. The highest BCUT2D eigenvalue weighted by Gasteiger charge is 2.20. The smallest absolute Gasteiger partial charge is 0.0968 e. The first-order chi connectivity index (χ1) is 9.79. The third kappa shape index (κ3) is 2.18. The highest BCUT2D eigenvalue weighted by molar-refractivity contribution is 7.18. The van der Waals surface area contributed by atoms with Crippen molar-refractivity contribution in [2.24, 2.45) is 0 Å². The van der Waals surface area contributed by atoms with Crippen LogP contribution in [-0.2, 0) is 19.3 Å². The van der Waals surface area contributed by atoms with Crippen molar-refractivity contribution in [3.8, 4) is 0 Å². The van der Waals surface area contributed by atoms with E-state index < -0.39 is 6.10 Å². The molecule has 1 unspecified atom stereocenters. The van der Waals surface area contributed by atoms with E-state index in [2.05, 4.69) is 17.1 Å². The van der Waals surface area contributed by atoms with Crippen molar-refractivity contribution in [3.63, 3.8) is 0 Å². The van der Waals surface area contributed by atoms with Crippen LogP contribution in [0.25, 0.3) is 10.2 Å². The van der Waals surface area contributed by atoms with Gasteiger partial charge in [0.2, 0.25) is 0 Å². The lowest BCUT2D eigenvalue weighted by Gasteiger charge is -2.05. The van der Waals surface area contributed by atoms with Crippen LogP contribution in [0.3, 0.4) is 0 Å². The fraction of sp³-hybridized carbons (Fsp3) is 0.312. The van der Waals surface area contributed by atoms with Gasteiger partial charge in [-0.3, -0.25) is 0 Å². The minimum absolute atomic E-state index is 0.411. The lowest BCUT2D eigenvalue weighted by molar-refractivity contribution is 0.182. The number of hydrogen-bond donors (Lipinski definition) is 1. The zero-order valence-electron chi connectivity index (χ0n) is 11.0. The topological polar surface area (TPSA) is 33.1 Å². The van der Waals surface area contributed by atoms with E-state index in [9.17, 15) is 5.11 Å². The minimum Gasteiger partial charge on any atom is -0.387 e. The lowest BCUT2D eigenvalue weighted by Crippen LogP contribution is -1.99. The average Bonchev–Trinajstić information content (AvgIpc) is 3.11. The Balaban J connectivity index is 1.57. The molecular formula is C16H15NOS2. The predicted octanol–water partition coefficient (Wildman–Crippen LogP) is 4.12. The van der Waals surface area contributed by atoms with Crippen LogP contribution >= 0.6 is 22.7 Å². The van der Waals surface area contributed by atoms with E-state index in [4.69, 9.17) is 0 Å². The number of para-hydroxylation sites is 1. The Labute approximate surface area is 125 Å². The highest BCUT2D eigenvalue weighted by atomic mass is 32.1. The Morgan fingerprint density at radius 1 is 1.20 bits per heavy atom. The van der Waals surface area contributed by atoms with Crippen LogP contribution < -0.4 is 0 Å². The number of nitrogens with zero attached hydrogens (tertiary/aromatic N) is 1. The van der Waals surface area contributed by atoms with Gasteiger partial charge in [0, 0.05) is 16.2 Å². The van der Waals surface area contributed by atoms with Crippen molar-refractivity contribution in [1.82, 2.24) is 4.98 Å². The molecule has 20 heavy (non-hydrogen) atoms. The number of fused-ring (bicyclic) bond motifs is 2. The molecule has 2 aromatic heterocycles. The normalized spacial score (nSPS) is 15.7. The molecule has 0 saturated carbocycles. The third-order valence-electron chi connectivity index (χ3n) is 3.80. The number of rotatable bonds is 3. The van der Waals surface area contributed by atoms with Gasteiger partial charge in [0.05, 0.1) is 21.3 Å². The van der Waals surface area contributed by atoms with Gasteiger partial charge in [0.15, 0.2) is 0 Å². The van der Waals surface area contributed by atoms with Gasteiger partial charge in [-0.05, 0) is 43.0 Å². The zero-order valence-corrected chi connectivity index (χ0v) is 12.6. The maximum atomic E-state index is 10.4. The molecule has 2 nitrogen and oxygen atoms in total. The number of thiazole rings is 1. The zero-order chi connectivity index (χ0) is 13.5. The number of thiophene rings is 1. The first-order valence-corrected chi connectivity index (χ1v) is 8.57. The Kier molecular flexibility index (Phi) is 3.10. The van der Waals surface area contributed by atoms with Crippen molar-refractivity contribution < 1.29 is 5.11 Å². The van der Waals surface area contributed by atoms with Gasteiger partial charge in [-0.25, -0.2) is 4.98 Å². The molecule has 102 valence electrons. The number of aryl methyl sites for hydroxylation is 2. The van der Waals surface area contributed by atoms with E-state index in [0.717, 1.165) is 15.4 Å². The van der Waals surface area contributed by atoms with Crippen LogP contribution in [0.5, 0.6) is 0 Å². The van der Waals surface area contributed by atoms with E-state index in [1.165, 1.54) is 34.4 Å². The summed E-state index contributed by atoms with van der Waals surface area (Å²) in [5.41, 5.74) is 2.49. The second-order valence-corrected chi connectivity index (χ2v) is 7.53. The van der Waals surface area contributed by atoms with Gasteiger partial charge in [-0.1, -0.05) is 12.1 Å². The largest absolute Gasteiger partial charge is 0.387 e. The molecule has 0 saturated heterocycles. The molecule has 0 aliphatic heterocycles. The van der Waals surface area contributed by atoms with Crippen LogP contribution in [-0.4, -0.2) is 10.1 Å². The fourth-order valence-corrected chi connectivity index (χ4v) is 5.04. The van der Waals surface area contributed by atoms with E-state index in [1.54, 1.807) is 22.7 Å². The first kappa shape index (κ1) is 12.5. The van der Waals surface area contributed by atoms with Crippen LogP contribution in [0.15, 0.2) is 30.3 Å². The first-order valence-electron chi connectivity index (χ1n) is 6.93. The highest BCUT2D eigenvalue weighted by Crippen LogP contribution is 2.35. The van der Waals surface area contributed by atoms with E-state index >= 15 is 0 Å². The molecule has 0 radical (unpaired) electrons. The summed E-state index contributed by atoms with van der Waals surface area (Å²) in [6.07, 6.45) is 3.85. The average molecular weight is 301 g/mol. The molecule has 0 amide bonds. The molecule has 2 heterocycles. The predicted molar refractivity (Wildman–Crippen MR) is 84.6 cm³/mol. The summed E-state index contributed by atoms with van der Waals surface area (Å²) >= 11 is 3.47. The van der Waals surface area contributed by atoms with Crippen molar-refractivity contribution in [3.05, 3.63) is 50.7 Å².